The minimum atomic E-state index is -0.385. The summed E-state index contributed by atoms with van der Waals surface area (Å²) in [4.78, 5) is 29.9. The number of anilines is 1. The fourth-order valence-corrected chi connectivity index (χ4v) is 4.55. The second-order valence-corrected chi connectivity index (χ2v) is 8.16. The Labute approximate surface area is 185 Å². The van der Waals surface area contributed by atoms with Gasteiger partial charge in [0, 0.05) is 51.0 Å². The molecular formula is C25H25FN4O2. The fourth-order valence-electron chi connectivity index (χ4n) is 4.55. The van der Waals surface area contributed by atoms with E-state index in [1.807, 2.05) is 29.2 Å². The van der Waals surface area contributed by atoms with Gasteiger partial charge in [-0.2, -0.15) is 0 Å². The molecule has 0 atom stereocenters. The highest BCUT2D eigenvalue weighted by Crippen LogP contribution is 2.18. The molecule has 0 saturated carbocycles. The number of hydrogen-bond donors (Lipinski definition) is 0. The number of amides is 1. The van der Waals surface area contributed by atoms with Crippen LogP contribution in [0.2, 0.25) is 0 Å². The second-order valence-electron chi connectivity index (χ2n) is 8.16. The third-order valence-corrected chi connectivity index (χ3v) is 6.23. The number of aryl methyl sites for hydroxylation is 1. The molecule has 4 aromatic rings. The lowest BCUT2D eigenvalue weighted by molar-refractivity contribution is -0.131. The predicted molar refractivity (Wildman–Crippen MR) is 124 cm³/mol. The summed E-state index contributed by atoms with van der Waals surface area (Å²) in [5.41, 5.74) is 2.88. The van der Waals surface area contributed by atoms with Crippen molar-refractivity contribution >= 4 is 28.1 Å². The number of benzene rings is 2. The lowest BCUT2D eigenvalue weighted by Gasteiger charge is -2.36. The lowest BCUT2D eigenvalue weighted by atomic mass is 10.2. The molecule has 164 valence electrons. The molecule has 0 spiro atoms. The Hall–Kier alpha value is -3.61. The molecule has 2 aromatic carbocycles. The van der Waals surface area contributed by atoms with E-state index in [1.54, 1.807) is 27.3 Å². The van der Waals surface area contributed by atoms with Crippen LogP contribution in [0.5, 0.6) is 0 Å². The number of para-hydroxylation sites is 1. The number of carbonyl (C=O) groups excluding carboxylic acids is 1. The van der Waals surface area contributed by atoms with Gasteiger partial charge in [0.25, 0.3) is 5.56 Å². The fraction of sp³-hybridized carbons (Fsp3) is 0.280. The summed E-state index contributed by atoms with van der Waals surface area (Å²) < 4.78 is 17.3. The topological polar surface area (TPSA) is 50.0 Å². The van der Waals surface area contributed by atoms with Crippen LogP contribution in [0.3, 0.4) is 0 Å². The molecule has 1 amide bonds. The molecule has 2 aromatic heterocycles. The zero-order chi connectivity index (χ0) is 22.1. The first kappa shape index (κ1) is 20.3. The summed E-state index contributed by atoms with van der Waals surface area (Å²) in [6.07, 6.45) is 2.70. The number of piperazine rings is 1. The molecule has 0 bridgehead atoms. The van der Waals surface area contributed by atoms with Crippen LogP contribution in [0.1, 0.15) is 12.8 Å². The molecule has 7 heteroatoms. The van der Waals surface area contributed by atoms with E-state index in [1.165, 1.54) is 17.8 Å². The van der Waals surface area contributed by atoms with Crippen LogP contribution >= 0.6 is 0 Å². The Morgan fingerprint density at radius 3 is 2.44 bits per heavy atom. The standard InChI is InChI=1S/C25H25FN4O2/c26-19-10-11-21-23(18-19)30(25(32)22-8-4-12-29(21)22)13-5-9-24(31)28-16-14-27(15-17-28)20-6-2-1-3-7-20/h1-4,6-8,10-12,18H,5,9,13-17H2. The van der Waals surface area contributed by atoms with Crippen molar-refractivity contribution < 1.29 is 9.18 Å². The summed E-state index contributed by atoms with van der Waals surface area (Å²) >= 11 is 0. The quantitative estimate of drug-likeness (QED) is 0.485. The van der Waals surface area contributed by atoms with E-state index in [2.05, 4.69) is 17.0 Å². The highest BCUT2D eigenvalue weighted by atomic mass is 19.1. The van der Waals surface area contributed by atoms with E-state index < -0.39 is 0 Å². The van der Waals surface area contributed by atoms with Crippen molar-refractivity contribution in [2.75, 3.05) is 31.1 Å². The van der Waals surface area contributed by atoms with E-state index in [9.17, 15) is 14.0 Å². The van der Waals surface area contributed by atoms with Gasteiger partial charge in [-0.25, -0.2) is 4.39 Å². The van der Waals surface area contributed by atoms with Gasteiger partial charge in [0.05, 0.1) is 11.0 Å². The third-order valence-electron chi connectivity index (χ3n) is 6.23. The summed E-state index contributed by atoms with van der Waals surface area (Å²) in [5.74, 6) is -0.283. The molecule has 1 saturated heterocycles. The number of carbonyl (C=O) groups is 1. The van der Waals surface area contributed by atoms with Gasteiger partial charge < -0.3 is 18.8 Å². The average Bonchev–Trinajstić information content (AvgIpc) is 3.32. The zero-order valence-electron chi connectivity index (χ0n) is 17.8. The van der Waals surface area contributed by atoms with E-state index in [-0.39, 0.29) is 17.3 Å². The van der Waals surface area contributed by atoms with Gasteiger partial charge in [-0.3, -0.25) is 9.59 Å². The Balaban J connectivity index is 1.26. The molecule has 1 aliphatic heterocycles. The lowest BCUT2D eigenvalue weighted by Crippen LogP contribution is -2.48. The van der Waals surface area contributed by atoms with Crippen LogP contribution in [0.4, 0.5) is 10.1 Å². The van der Waals surface area contributed by atoms with Crippen LogP contribution in [-0.2, 0) is 11.3 Å². The number of fused-ring (bicyclic) bond motifs is 3. The SMILES string of the molecule is O=C(CCCn1c(=O)c2cccn2c2ccc(F)cc21)N1CCN(c2ccccc2)CC1. The van der Waals surface area contributed by atoms with Gasteiger partial charge in [-0.05, 0) is 48.9 Å². The van der Waals surface area contributed by atoms with Crippen LogP contribution in [0.15, 0.2) is 71.7 Å². The first-order valence-corrected chi connectivity index (χ1v) is 11.0. The zero-order valence-corrected chi connectivity index (χ0v) is 17.8. The molecule has 0 radical (unpaired) electrons. The minimum absolute atomic E-state index is 0.102. The molecule has 0 aliphatic carbocycles. The van der Waals surface area contributed by atoms with E-state index in [4.69, 9.17) is 0 Å². The van der Waals surface area contributed by atoms with Crippen LogP contribution in [0.25, 0.3) is 16.6 Å². The molecule has 3 heterocycles. The van der Waals surface area contributed by atoms with Gasteiger partial charge in [0.2, 0.25) is 5.91 Å². The normalized spacial score (nSPS) is 14.4. The van der Waals surface area contributed by atoms with Crippen LogP contribution in [0, 0.1) is 5.82 Å². The van der Waals surface area contributed by atoms with E-state index >= 15 is 0 Å². The molecule has 1 fully saturated rings. The number of aromatic nitrogens is 2. The second kappa shape index (κ2) is 8.49. The maximum atomic E-state index is 13.9. The van der Waals surface area contributed by atoms with Crippen LogP contribution < -0.4 is 10.5 Å². The molecule has 0 N–H and O–H groups in total. The summed E-state index contributed by atoms with van der Waals surface area (Å²) in [6, 6.07) is 18.3. The third kappa shape index (κ3) is 3.75. The van der Waals surface area contributed by atoms with Gasteiger partial charge >= 0.3 is 0 Å². The Bertz CT molecular complexity index is 1320. The van der Waals surface area contributed by atoms with Gasteiger partial charge in [-0.1, -0.05) is 18.2 Å². The number of halogens is 1. The van der Waals surface area contributed by atoms with E-state index in [0.29, 0.717) is 43.5 Å². The first-order chi connectivity index (χ1) is 15.6. The van der Waals surface area contributed by atoms with Crippen molar-refractivity contribution in [1.29, 1.82) is 0 Å². The van der Waals surface area contributed by atoms with Gasteiger partial charge in [-0.15, -0.1) is 0 Å². The smallest absolute Gasteiger partial charge is 0.275 e. The average molecular weight is 432 g/mol. The first-order valence-electron chi connectivity index (χ1n) is 11.0. The van der Waals surface area contributed by atoms with Crippen molar-refractivity contribution in [1.82, 2.24) is 13.9 Å². The van der Waals surface area contributed by atoms with Crippen molar-refractivity contribution in [3.8, 4) is 0 Å². The minimum Gasteiger partial charge on any atom is -0.368 e. The summed E-state index contributed by atoms with van der Waals surface area (Å²) in [5, 5.41) is 0. The molecule has 5 rings (SSSR count). The molecule has 1 aliphatic rings. The molecular weight excluding hydrogens is 407 g/mol. The largest absolute Gasteiger partial charge is 0.368 e. The molecule has 0 unspecified atom stereocenters. The maximum Gasteiger partial charge on any atom is 0.275 e. The number of rotatable bonds is 5. The van der Waals surface area contributed by atoms with Gasteiger partial charge in [0.15, 0.2) is 0 Å². The monoisotopic (exact) mass is 432 g/mol. The predicted octanol–water partition coefficient (Wildman–Crippen LogP) is 3.52. The highest BCUT2D eigenvalue weighted by Gasteiger charge is 2.21. The maximum absolute atomic E-state index is 13.9. The molecule has 6 nitrogen and oxygen atoms in total. The Morgan fingerprint density at radius 1 is 0.875 bits per heavy atom. The van der Waals surface area contributed by atoms with Crippen molar-refractivity contribution in [2.45, 2.75) is 19.4 Å². The van der Waals surface area contributed by atoms with Crippen molar-refractivity contribution in [2.24, 2.45) is 0 Å². The Morgan fingerprint density at radius 2 is 1.66 bits per heavy atom. The Kier molecular flexibility index (Phi) is 5.39. The van der Waals surface area contributed by atoms with Crippen LogP contribution in [-0.4, -0.2) is 46.0 Å². The molecule has 32 heavy (non-hydrogen) atoms. The van der Waals surface area contributed by atoms with E-state index in [0.717, 1.165) is 18.6 Å². The summed E-state index contributed by atoms with van der Waals surface area (Å²) in [7, 11) is 0. The summed E-state index contributed by atoms with van der Waals surface area (Å²) in [6.45, 7) is 3.38. The van der Waals surface area contributed by atoms with Crippen molar-refractivity contribution in [3.63, 3.8) is 0 Å². The number of hydrogen-bond acceptors (Lipinski definition) is 3. The van der Waals surface area contributed by atoms with Gasteiger partial charge in [0.1, 0.15) is 11.3 Å². The van der Waals surface area contributed by atoms with Crippen molar-refractivity contribution in [3.05, 3.63) is 83.0 Å². The number of nitrogens with zero attached hydrogens (tertiary/aromatic N) is 4. The highest BCUT2D eigenvalue weighted by molar-refractivity contribution is 5.79.